The fourth-order valence-corrected chi connectivity index (χ4v) is 3.59. The van der Waals surface area contributed by atoms with Crippen LogP contribution in [-0.2, 0) is 11.3 Å². The number of carbonyl (C=O) groups excluding carboxylic acids is 2. The van der Waals surface area contributed by atoms with Gasteiger partial charge in [-0.2, -0.15) is 5.26 Å². The van der Waals surface area contributed by atoms with Gasteiger partial charge in [-0.05, 0) is 41.5 Å². The topological polar surface area (TPSA) is 88.4 Å². The zero-order valence-electron chi connectivity index (χ0n) is 17.8. The highest BCUT2D eigenvalue weighted by molar-refractivity contribution is 6.46. The maximum atomic E-state index is 12.7. The van der Waals surface area contributed by atoms with Crippen molar-refractivity contribution in [2.45, 2.75) is 6.54 Å². The molecule has 34 heavy (non-hydrogen) atoms. The molecule has 6 nitrogen and oxygen atoms in total. The molecule has 172 valence electrons. The Hall–Kier alpha value is -3.50. The van der Waals surface area contributed by atoms with Crippen molar-refractivity contribution in [2.75, 3.05) is 7.11 Å². The number of carbonyl (C=O) groups is 2. The fraction of sp³-hybridized carbons (Fsp3) is 0.0800. The van der Waals surface area contributed by atoms with Crippen LogP contribution in [0, 0.1) is 11.3 Å². The van der Waals surface area contributed by atoms with E-state index in [1.165, 1.54) is 37.5 Å². The number of ether oxygens (including phenoxy) is 2. The number of nitrogens with one attached hydrogen (secondary N) is 1. The summed E-state index contributed by atoms with van der Waals surface area (Å²) in [7, 11) is 1.39. The first kappa shape index (κ1) is 25.1. The van der Waals surface area contributed by atoms with Crippen molar-refractivity contribution < 1.29 is 19.1 Å². The van der Waals surface area contributed by atoms with Gasteiger partial charge in [-0.15, -0.1) is 0 Å². The average molecular weight is 516 g/mol. The van der Waals surface area contributed by atoms with Gasteiger partial charge in [0.05, 0.1) is 27.7 Å². The second kappa shape index (κ2) is 11.6. The molecule has 9 heteroatoms. The second-order valence-electron chi connectivity index (χ2n) is 6.86. The third kappa shape index (κ3) is 6.09. The van der Waals surface area contributed by atoms with Crippen LogP contribution in [0.4, 0.5) is 0 Å². The van der Waals surface area contributed by atoms with Gasteiger partial charge in [0.2, 0.25) is 0 Å². The molecule has 3 aromatic rings. The molecule has 0 aliphatic heterocycles. The first-order valence-corrected chi connectivity index (χ1v) is 10.9. The minimum atomic E-state index is -0.822. The maximum absolute atomic E-state index is 12.7. The largest absolute Gasteiger partial charge is 0.493 e. The van der Waals surface area contributed by atoms with Crippen molar-refractivity contribution in [1.82, 2.24) is 5.32 Å². The monoisotopic (exact) mass is 514 g/mol. The Balaban J connectivity index is 1.79. The number of methoxy groups -OCH3 is 1. The average Bonchev–Trinajstić information content (AvgIpc) is 2.85. The molecule has 0 saturated heterocycles. The Bertz CT molecular complexity index is 1300. The summed E-state index contributed by atoms with van der Waals surface area (Å²) in [6.45, 7) is 0.283. The van der Waals surface area contributed by atoms with Gasteiger partial charge in [0, 0.05) is 6.54 Å². The lowest BCUT2D eigenvalue weighted by atomic mass is 10.1. The predicted molar refractivity (Wildman–Crippen MR) is 131 cm³/mol. The first-order chi connectivity index (χ1) is 16.3. The molecular formula is C25H17Cl3N2O4. The molecule has 3 rings (SSSR count). The Morgan fingerprint density at radius 2 is 1.71 bits per heavy atom. The number of hydrogen-bond donors (Lipinski definition) is 1. The summed E-state index contributed by atoms with van der Waals surface area (Å²) >= 11 is 18.1. The quantitative estimate of drug-likeness (QED) is 0.135. The lowest BCUT2D eigenvalue weighted by Crippen LogP contribution is -2.23. The molecule has 0 atom stereocenters. The summed E-state index contributed by atoms with van der Waals surface area (Å²) in [4.78, 5) is 25.1. The van der Waals surface area contributed by atoms with Gasteiger partial charge < -0.3 is 14.8 Å². The van der Waals surface area contributed by atoms with E-state index in [1.807, 2.05) is 36.4 Å². The number of esters is 1. The molecule has 1 N–H and O–H groups in total. The number of benzene rings is 3. The minimum Gasteiger partial charge on any atom is -0.493 e. The standard InChI is InChI=1S/C25H17Cl3N2O4/c1-33-21-12-16(11-17(13-29)24(31)30-14-15-5-3-2-4-6-15)7-10-20(21)34-25(32)22-18(26)8-9-19(27)23(22)28/h2-12H,14H2,1H3,(H,30,31)/b17-11+. The molecule has 0 saturated carbocycles. The number of nitriles is 1. The molecule has 0 spiro atoms. The molecule has 0 radical (unpaired) electrons. The minimum absolute atomic E-state index is 0.0298. The van der Waals surface area contributed by atoms with E-state index in [4.69, 9.17) is 44.3 Å². The highest BCUT2D eigenvalue weighted by Gasteiger charge is 2.21. The van der Waals surface area contributed by atoms with E-state index in [0.717, 1.165) is 5.56 Å². The summed E-state index contributed by atoms with van der Waals surface area (Å²) in [5.74, 6) is -1.06. The molecule has 0 fully saturated rings. The van der Waals surface area contributed by atoms with E-state index in [1.54, 1.807) is 6.07 Å². The van der Waals surface area contributed by atoms with Gasteiger partial charge >= 0.3 is 5.97 Å². The lowest BCUT2D eigenvalue weighted by Gasteiger charge is -2.12. The van der Waals surface area contributed by atoms with Gasteiger partial charge in [-0.3, -0.25) is 4.79 Å². The smallest absolute Gasteiger partial charge is 0.346 e. The van der Waals surface area contributed by atoms with Crippen LogP contribution in [0.1, 0.15) is 21.5 Å². The van der Waals surface area contributed by atoms with E-state index in [0.29, 0.717) is 5.56 Å². The van der Waals surface area contributed by atoms with Gasteiger partial charge in [0.25, 0.3) is 5.91 Å². The van der Waals surface area contributed by atoms with E-state index in [-0.39, 0.29) is 44.2 Å². The highest BCUT2D eigenvalue weighted by atomic mass is 35.5. The van der Waals surface area contributed by atoms with E-state index in [9.17, 15) is 14.9 Å². The van der Waals surface area contributed by atoms with Crippen molar-refractivity contribution in [3.63, 3.8) is 0 Å². The van der Waals surface area contributed by atoms with E-state index in [2.05, 4.69) is 5.32 Å². The summed E-state index contributed by atoms with van der Waals surface area (Å²) in [6.07, 6.45) is 1.40. The summed E-state index contributed by atoms with van der Waals surface area (Å²) in [6, 6.07) is 18.7. The van der Waals surface area contributed by atoms with E-state index >= 15 is 0 Å². The predicted octanol–water partition coefficient (Wildman–Crippen LogP) is 6.10. The van der Waals surface area contributed by atoms with Crippen molar-refractivity contribution >= 4 is 52.8 Å². The second-order valence-corrected chi connectivity index (χ2v) is 8.05. The van der Waals surface area contributed by atoms with Crippen LogP contribution < -0.4 is 14.8 Å². The van der Waals surface area contributed by atoms with Crippen LogP contribution in [-0.4, -0.2) is 19.0 Å². The van der Waals surface area contributed by atoms with Crippen molar-refractivity contribution in [3.8, 4) is 17.6 Å². The number of amides is 1. The molecule has 0 aliphatic carbocycles. The van der Waals surface area contributed by atoms with Crippen LogP contribution in [0.5, 0.6) is 11.5 Å². The maximum Gasteiger partial charge on any atom is 0.346 e. The fourth-order valence-electron chi connectivity index (χ4n) is 2.91. The van der Waals surface area contributed by atoms with E-state index < -0.39 is 11.9 Å². The van der Waals surface area contributed by atoms with Crippen molar-refractivity contribution in [3.05, 3.63) is 98.0 Å². The lowest BCUT2D eigenvalue weighted by molar-refractivity contribution is -0.117. The zero-order chi connectivity index (χ0) is 24.7. The Morgan fingerprint density at radius 1 is 1.00 bits per heavy atom. The summed E-state index contributed by atoms with van der Waals surface area (Å²) < 4.78 is 10.7. The molecule has 0 aliphatic rings. The van der Waals surface area contributed by atoms with Crippen molar-refractivity contribution in [1.29, 1.82) is 5.26 Å². The highest BCUT2D eigenvalue weighted by Crippen LogP contribution is 2.34. The molecule has 3 aromatic carbocycles. The zero-order valence-corrected chi connectivity index (χ0v) is 20.0. The van der Waals surface area contributed by atoms with Crippen LogP contribution in [0.3, 0.4) is 0 Å². The molecular weight excluding hydrogens is 499 g/mol. The molecule has 0 bridgehead atoms. The van der Waals surface area contributed by atoms with Gasteiger partial charge in [-0.1, -0.05) is 71.2 Å². The van der Waals surface area contributed by atoms with Crippen LogP contribution in [0.15, 0.2) is 66.2 Å². The SMILES string of the molecule is COc1cc(/C=C(\C#N)C(=O)NCc2ccccc2)ccc1OC(=O)c1c(Cl)ccc(Cl)c1Cl. The molecule has 1 amide bonds. The van der Waals surface area contributed by atoms with Crippen LogP contribution in [0.25, 0.3) is 6.08 Å². The normalized spacial score (nSPS) is 10.9. The third-order valence-electron chi connectivity index (χ3n) is 4.61. The van der Waals surface area contributed by atoms with Gasteiger partial charge in [0.15, 0.2) is 11.5 Å². The van der Waals surface area contributed by atoms with Crippen LogP contribution >= 0.6 is 34.8 Å². The number of halogens is 3. The summed E-state index contributed by atoms with van der Waals surface area (Å²) in [5.41, 5.74) is 1.21. The molecule has 0 aromatic heterocycles. The first-order valence-electron chi connectivity index (χ1n) is 9.81. The molecule has 0 heterocycles. The number of nitrogens with zero attached hydrogens (tertiary/aromatic N) is 1. The third-order valence-corrected chi connectivity index (χ3v) is 5.73. The number of hydrogen-bond acceptors (Lipinski definition) is 5. The molecule has 0 unspecified atom stereocenters. The summed E-state index contributed by atoms with van der Waals surface area (Å²) in [5, 5.41) is 12.3. The van der Waals surface area contributed by atoms with Crippen LogP contribution in [0.2, 0.25) is 15.1 Å². The Labute approximate surface area is 211 Å². The number of rotatable bonds is 7. The van der Waals surface area contributed by atoms with Crippen molar-refractivity contribution in [2.24, 2.45) is 0 Å². The van der Waals surface area contributed by atoms with Gasteiger partial charge in [0.1, 0.15) is 11.6 Å². The Morgan fingerprint density at radius 3 is 2.38 bits per heavy atom. The van der Waals surface area contributed by atoms with Gasteiger partial charge in [-0.25, -0.2) is 4.79 Å². The Kier molecular flexibility index (Phi) is 8.55.